The Bertz CT molecular complexity index is 2380. The molecule has 1 aliphatic rings. The molecule has 24 nitrogen and oxygen atoms in total. The second-order valence-electron chi connectivity index (χ2n) is 26.6. The van der Waals surface area contributed by atoms with Crippen molar-refractivity contribution in [2.75, 3.05) is 55.9 Å². The molecule has 0 aromatic heterocycles. The Morgan fingerprint density at radius 3 is 1.31 bits per heavy atom. The maximum atomic E-state index is 15.2. The van der Waals surface area contributed by atoms with Crippen molar-refractivity contribution in [3.63, 3.8) is 0 Å². The first-order valence-corrected chi connectivity index (χ1v) is 31.2. The maximum Gasteiger partial charge on any atom is 0.270 e. The van der Waals surface area contributed by atoms with E-state index in [2.05, 4.69) is 27.8 Å². The lowest BCUT2D eigenvalue weighted by atomic mass is 9.90. The first-order valence-electron chi connectivity index (χ1n) is 31.2. The minimum atomic E-state index is -1.67. The number of likely N-dealkylation sites (N-methyl/N-ethyl adjacent to an activating group) is 7. The normalized spacial score (nSPS) is 26.5. The van der Waals surface area contributed by atoms with Gasteiger partial charge in [-0.1, -0.05) is 110 Å². The zero-order chi connectivity index (χ0) is 67.6. The molecular weight excluding hydrogens is 1120 g/mol. The third kappa shape index (κ3) is 21.8. The predicted molar refractivity (Wildman–Crippen MR) is 334 cm³/mol. The van der Waals surface area contributed by atoms with Crippen molar-refractivity contribution >= 4 is 65.0 Å². The van der Waals surface area contributed by atoms with Crippen molar-refractivity contribution in [2.24, 2.45) is 41.4 Å². The van der Waals surface area contributed by atoms with Crippen LogP contribution in [-0.2, 0) is 52.7 Å². The Kier molecular flexibility index (Phi) is 32.4. The Hall–Kier alpha value is -6.17. The number of nitrogens with zero attached hydrogens (tertiary/aromatic N) is 7. The van der Waals surface area contributed by atoms with Gasteiger partial charge in [-0.25, -0.2) is 0 Å². The molecule has 0 spiro atoms. The van der Waals surface area contributed by atoms with Crippen LogP contribution < -0.4 is 21.3 Å². The lowest BCUT2D eigenvalue weighted by Crippen LogP contribution is -2.63. The average Bonchev–Trinajstić information content (AvgIpc) is 1.14. The third-order valence-electron chi connectivity index (χ3n) is 16.6. The van der Waals surface area contributed by atoms with Crippen LogP contribution in [0.2, 0.25) is 0 Å². The summed E-state index contributed by atoms with van der Waals surface area (Å²) in [4.78, 5) is 169. The molecule has 0 bridgehead atoms. The summed E-state index contributed by atoms with van der Waals surface area (Å²) in [5, 5.41) is 32.6. The zero-order valence-electron chi connectivity index (χ0n) is 57.0. The predicted octanol–water partition coefficient (Wildman–Crippen LogP) is 2.98. The van der Waals surface area contributed by atoms with Crippen LogP contribution >= 0.6 is 0 Å². The van der Waals surface area contributed by atoms with Crippen molar-refractivity contribution in [3.05, 3.63) is 12.3 Å². The number of carbonyl (C=O) groups is 11. The summed E-state index contributed by atoms with van der Waals surface area (Å²) in [5.41, 5.74) is -0.375. The Balaban J connectivity index is 4.38. The summed E-state index contributed by atoms with van der Waals surface area (Å²) in [6.45, 7) is 31.6. The van der Waals surface area contributed by atoms with E-state index in [9.17, 15) is 53.4 Å². The highest BCUT2D eigenvalue weighted by molar-refractivity contribution is 6.02. The quantitative estimate of drug-likeness (QED) is 0.0903. The van der Waals surface area contributed by atoms with E-state index in [0.29, 0.717) is 19.3 Å². The number of rotatable bonds is 17. The SMILES string of the molecule is C=C1C(=O)N(C)[C@@H](CC(C)C)C(=O)N[C@@H](C(C)C)C(=O)N(C)[C@@H](CC(C)C)C(=O)N[C@@H](C)C(=O)N[C@H](C)C(=O)N(C)[C@@H](CC(C)C)C(=O)N(C)[C@@H](CC(C)C)C(=O)N(C)[C@@H](C(C)C)C(=O)N(C)[C@@H]([C@H](O)[C@H](C)CCCCO)C(=O)N[C@@H](CC)C(=O)N1C. The minimum Gasteiger partial charge on any atom is -0.396 e. The highest BCUT2D eigenvalue weighted by atomic mass is 16.3. The fourth-order valence-corrected chi connectivity index (χ4v) is 11.0. The molecular formula is C63H113N11O13. The smallest absolute Gasteiger partial charge is 0.270 e. The second kappa shape index (κ2) is 35.7. The first kappa shape index (κ1) is 78.8. The first-order chi connectivity index (χ1) is 40.1. The molecule has 0 aromatic rings. The van der Waals surface area contributed by atoms with E-state index < -0.39 is 149 Å². The fraction of sp³-hybridized carbons (Fsp3) is 0.794. The number of hydrogen-bond donors (Lipinski definition) is 6. The van der Waals surface area contributed by atoms with Gasteiger partial charge in [0, 0.05) is 55.9 Å². The summed E-state index contributed by atoms with van der Waals surface area (Å²) in [6, 6.07) is -12.7. The maximum absolute atomic E-state index is 15.2. The number of unbranched alkanes of at least 4 members (excludes halogenated alkanes) is 1. The molecule has 0 saturated carbocycles. The van der Waals surface area contributed by atoms with Crippen molar-refractivity contribution in [3.8, 4) is 0 Å². The topological polar surface area (TPSA) is 299 Å². The number of aliphatic hydroxyl groups excluding tert-OH is 2. The third-order valence-corrected chi connectivity index (χ3v) is 16.6. The number of aliphatic hydroxyl groups is 2. The standard InChI is InChI=1S/C63H113N11O13/c1-25-44-59(83)68(18)43(17)58(82)69(19)46(31-35(4)5)55(79)67-49(38(10)11)62(86)70(20)45(30-34(2)3)54(78)64-41(15)53(77)65-42(16)57(81)71(21)47(32-36(6)7)60(84)72(22)48(33-37(8)9)61(85)73(23)50(39(12)13)63(87)74(24)51(56(80)66-44)52(76)40(14)28-26-27-29-75/h34-42,44-52,75-76H,17,25-33H2,1-16,18-24H3,(H,64,78)(H,65,77)(H,66,80)(H,67,79)/t40-,41+,42-,44+,45+,46+,47+,48+,49+,50+,51+,52-/m1/s1. The van der Waals surface area contributed by atoms with E-state index in [0.717, 1.165) is 14.7 Å². The van der Waals surface area contributed by atoms with Gasteiger partial charge in [-0.15, -0.1) is 0 Å². The van der Waals surface area contributed by atoms with E-state index in [1.165, 1.54) is 82.8 Å². The molecule has 1 saturated heterocycles. The van der Waals surface area contributed by atoms with Gasteiger partial charge in [0.25, 0.3) is 5.91 Å². The molecule has 1 heterocycles. The molecule has 87 heavy (non-hydrogen) atoms. The monoisotopic (exact) mass is 1230 g/mol. The van der Waals surface area contributed by atoms with Crippen LogP contribution in [0.15, 0.2) is 12.3 Å². The molecule has 1 fully saturated rings. The van der Waals surface area contributed by atoms with Crippen LogP contribution in [0, 0.1) is 41.4 Å². The zero-order valence-corrected chi connectivity index (χ0v) is 57.0. The molecule has 12 atom stereocenters. The molecule has 6 N–H and O–H groups in total. The second-order valence-corrected chi connectivity index (χ2v) is 26.6. The Labute approximate surface area is 520 Å². The van der Waals surface area contributed by atoms with Crippen molar-refractivity contribution in [1.82, 2.24) is 55.6 Å². The lowest BCUT2D eigenvalue weighted by Gasteiger charge is -2.41. The fourth-order valence-electron chi connectivity index (χ4n) is 11.0. The summed E-state index contributed by atoms with van der Waals surface area (Å²) in [6.07, 6.45) is 0.109. The van der Waals surface area contributed by atoms with Crippen LogP contribution in [0.1, 0.15) is 162 Å². The van der Waals surface area contributed by atoms with Gasteiger partial charge in [0.1, 0.15) is 66.1 Å². The van der Waals surface area contributed by atoms with Gasteiger partial charge < -0.3 is 65.8 Å². The molecule has 0 unspecified atom stereocenters. The number of nitrogens with one attached hydrogen (secondary N) is 4. The number of carbonyl (C=O) groups excluding carboxylic acids is 11. The molecule has 11 amide bonds. The van der Waals surface area contributed by atoms with Gasteiger partial charge in [-0.3, -0.25) is 52.7 Å². The highest BCUT2D eigenvalue weighted by Gasteiger charge is 2.46. The molecule has 1 rings (SSSR count). The summed E-state index contributed by atoms with van der Waals surface area (Å²) in [5.74, 6) is -10.5. The Morgan fingerprint density at radius 1 is 0.448 bits per heavy atom. The van der Waals surface area contributed by atoms with Gasteiger partial charge in [0.05, 0.1) is 6.10 Å². The van der Waals surface area contributed by atoms with Crippen LogP contribution in [0.3, 0.4) is 0 Å². The Morgan fingerprint density at radius 2 is 0.862 bits per heavy atom. The summed E-state index contributed by atoms with van der Waals surface area (Å²) >= 11 is 0. The van der Waals surface area contributed by atoms with Crippen LogP contribution in [-0.4, -0.2) is 232 Å². The van der Waals surface area contributed by atoms with Gasteiger partial charge in [0.15, 0.2) is 0 Å². The van der Waals surface area contributed by atoms with Gasteiger partial charge >= 0.3 is 0 Å². The summed E-state index contributed by atoms with van der Waals surface area (Å²) < 4.78 is 0. The largest absolute Gasteiger partial charge is 0.396 e. The molecule has 498 valence electrons. The van der Waals surface area contributed by atoms with E-state index in [-0.39, 0.29) is 68.1 Å². The number of hydrogen-bond acceptors (Lipinski definition) is 13. The van der Waals surface area contributed by atoms with Crippen LogP contribution in [0.25, 0.3) is 0 Å². The molecule has 0 radical (unpaired) electrons. The minimum absolute atomic E-state index is 0.0414. The van der Waals surface area contributed by atoms with Gasteiger partial charge in [-0.05, 0) is 100 Å². The molecule has 1 aliphatic heterocycles. The molecule has 24 heteroatoms. The van der Waals surface area contributed by atoms with Gasteiger partial charge in [-0.2, -0.15) is 0 Å². The van der Waals surface area contributed by atoms with E-state index in [1.807, 2.05) is 55.4 Å². The average molecular weight is 1230 g/mol. The van der Waals surface area contributed by atoms with Crippen LogP contribution in [0.4, 0.5) is 0 Å². The van der Waals surface area contributed by atoms with Crippen molar-refractivity contribution in [2.45, 2.75) is 229 Å². The highest BCUT2D eigenvalue weighted by Crippen LogP contribution is 2.26. The van der Waals surface area contributed by atoms with E-state index >= 15 is 9.59 Å². The van der Waals surface area contributed by atoms with Crippen molar-refractivity contribution in [1.29, 1.82) is 0 Å². The number of amides is 11. The summed E-state index contributed by atoms with van der Waals surface area (Å²) in [7, 11) is 9.69. The molecule has 0 aliphatic carbocycles. The van der Waals surface area contributed by atoms with E-state index in [4.69, 9.17) is 0 Å². The van der Waals surface area contributed by atoms with Crippen molar-refractivity contribution < 1.29 is 63.0 Å². The van der Waals surface area contributed by atoms with E-state index in [1.54, 1.807) is 41.5 Å². The lowest BCUT2D eigenvalue weighted by molar-refractivity contribution is -0.157. The van der Waals surface area contributed by atoms with Crippen LogP contribution in [0.5, 0.6) is 0 Å². The van der Waals surface area contributed by atoms with Gasteiger partial charge in [0.2, 0.25) is 59.1 Å². The molecule has 0 aromatic carbocycles.